The highest BCUT2D eigenvalue weighted by Crippen LogP contribution is 2.54. The molecule has 1 heterocycles. The average Bonchev–Trinajstić information content (AvgIpc) is 2.94. The molecule has 5 rings (SSSR count). The summed E-state index contributed by atoms with van der Waals surface area (Å²) in [7, 11) is 0. The summed E-state index contributed by atoms with van der Waals surface area (Å²) in [4.78, 5) is 29.0. The van der Waals surface area contributed by atoms with Gasteiger partial charge in [0.05, 0.1) is 17.5 Å². The van der Waals surface area contributed by atoms with Crippen LogP contribution in [0.3, 0.4) is 0 Å². The quantitative estimate of drug-likeness (QED) is 0.432. The SMILES string of the molecule is O=C1[C@@H]2[C@H](C(=O)N1c1ccccc1)[C@H]1CCCCCCC1=C1CCCCCC[C@H]12. The van der Waals surface area contributed by atoms with Gasteiger partial charge in [-0.25, -0.2) is 0 Å². The number of carbonyl (C=O) groups is 2. The summed E-state index contributed by atoms with van der Waals surface area (Å²) in [6.07, 6.45) is 14.6. The van der Waals surface area contributed by atoms with Crippen LogP contribution in [0, 0.1) is 23.7 Å². The van der Waals surface area contributed by atoms with Crippen LogP contribution >= 0.6 is 0 Å². The van der Waals surface area contributed by atoms with Crippen LogP contribution in [0.15, 0.2) is 41.5 Å². The summed E-state index contributed by atoms with van der Waals surface area (Å²) < 4.78 is 0. The van der Waals surface area contributed by atoms with Crippen molar-refractivity contribution >= 4 is 17.5 Å². The van der Waals surface area contributed by atoms with E-state index in [9.17, 15) is 9.59 Å². The van der Waals surface area contributed by atoms with Crippen molar-refractivity contribution in [1.29, 1.82) is 0 Å². The maximum absolute atomic E-state index is 13.7. The number of rotatable bonds is 1. The molecule has 2 saturated carbocycles. The number of nitrogens with zero attached hydrogens (tertiary/aromatic N) is 1. The van der Waals surface area contributed by atoms with Crippen molar-refractivity contribution in [2.45, 2.75) is 77.0 Å². The molecule has 3 aliphatic carbocycles. The summed E-state index contributed by atoms with van der Waals surface area (Å²) in [6, 6.07) is 9.64. The third-order valence-corrected chi connectivity index (χ3v) is 8.01. The summed E-state index contributed by atoms with van der Waals surface area (Å²) in [5, 5.41) is 0. The molecule has 0 spiro atoms. The van der Waals surface area contributed by atoms with Crippen molar-refractivity contribution in [2.75, 3.05) is 4.90 Å². The molecule has 4 atom stereocenters. The molecule has 154 valence electrons. The molecule has 1 aromatic carbocycles. The van der Waals surface area contributed by atoms with E-state index in [1.165, 1.54) is 51.4 Å². The normalized spacial score (nSPS) is 33.2. The van der Waals surface area contributed by atoms with E-state index in [0.717, 1.165) is 31.4 Å². The van der Waals surface area contributed by atoms with Crippen LogP contribution in [-0.4, -0.2) is 11.8 Å². The molecule has 0 aromatic heterocycles. The van der Waals surface area contributed by atoms with E-state index >= 15 is 0 Å². The summed E-state index contributed by atoms with van der Waals surface area (Å²) >= 11 is 0. The lowest BCUT2D eigenvalue weighted by Crippen LogP contribution is -2.39. The lowest BCUT2D eigenvalue weighted by atomic mass is 9.60. The monoisotopic (exact) mass is 391 g/mol. The highest BCUT2D eigenvalue weighted by Gasteiger charge is 2.57. The second-order valence-electron chi connectivity index (χ2n) is 9.57. The zero-order valence-corrected chi connectivity index (χ0v) is 17.4. The van der Waals surface area contributed by atoms with Gasteiger partial charge in [-0.05, 0) is 62.5 Å². The number of allylic oxidation sites excluding steroid dienone is 2. The molecule has 1 aromatic rings. The molecule has 2 amide bonds. The van der Waals surface area contributed by atoms with Gasteiger partial charge in [0.2, 0.25) is 11.8 Å². The standard InChI is InChI=1S/C26H33NO2/c28-25-23-21-16-10-3-1-8-14-19(21)20-15-9-2-4-11-17-22(20)24(23)26(29)27(25)18-12-6-5-7-13-18/h5-7,12-13,21-24H,1-4,8-11,14-17H2/t21-,22+,23+,24-. The van der Waals surface area contributed by atoms with Crippen molar-refractivity contribution in [3.05, 3.63) is 41.5 Å². The predicted octanol–water partition coefficient (Wildman–Crippen LogP) is 6.04. The second-order valence-corrected chi connectivity index (χ2v) is 9.57. The largest absolute Gasteiger partial charge is 0.274 e. The molecular weight excluding hydrogens is 358 g/mol. The molecule has 4 aliphatic rings. The zero-order chi connectivity index (χ0) is 19.8. The van der Waals surface area contributed by atoms with Crippen LogP contribution in [0.1, 0.15) is 77.0 Å². The third kappa shape index (κ3) is 3.27. The minimum atomic E-state index is -0.121. The van der Waals surface area contributed by atoms with Gasteiger partial charge in [0.1, 0.15) is 0 Å². The van der Waals surface area contributed by atoms with Crippen LogP contribution in [0.2, 0.25) is 0 Å². The first-order valence-electron chi connectivity index (χ1n) is 11.9. The molecular formula is C26H33NO2. The Labute approximate surface area is 174 Å². The Morgan fingerprint density at radius 1 is 0.621 bits per heavy atom. The Morgan fingerprint density at radius 3 is 1.62 bits per heavy atom. The number of imide groups is 1. The van der Waals surface area contributed by atoms with E-state index in [2.05, 4.69) is 0 Å². The minimum absolute atomic E-state index is 0.0791. The molecule has 29 heavy (non-hydrogen) atoms. The molecule has 1 aliphatic heterocycles. The molecule has 0 bridgehead atoms. The van der Waals surface area contributed by atoms with Crippen molar-refractivity contribution in [2.24, 2.45) is 23.7 Å². The van der Waals surface area contributed by atoms with Gasteiger partial charge in [0.25, 0.3) is 0 Å². The Bertz CT molecular complexity index is 763. The number of para-hydroxylation sites is 1. The van der Waals surface area contributed by atoms with Crippen LogP contribution in [0.25, 0.3) is 0 Å². The lowest BCUT2D eigenvalue weighted by Gasteiger charge is -2.42. The first-order chi connectivity index (χ1) is 14.3. The number of amides is 2. The van der Waals surface area contributed by atoms with Gasteiger partial charge in [-0.3, -0.25) is 14.5 Å². The van der Waals surface area contributed by atoms with Crippen molar-refractivity contribution in [3.8, 4) is 0 Å². The Morgan fingerprint density at radius 2 is 1.10 bits per heavy atom. The molecule has 3 fully saturated rings. The average molecular weight is 392 g/mol. The summed E-state index contributed by atoms with van der Waals surface area (Å²) in [6.45, 7) is 0. The van der Waals surface area contributed by atoms with E-state index in [1.807, 2.05) is 30.3 Å². The lowest BCUT2D eigenvalue weighted by molar-refractivity contribution is -0.123. The van der Waals surface area contributed by atoms with Gasteiger partial charge in [-0.15, -0.1) is 0 Å². The fraction of sp³-hybridized carbons (Fsp3) is 0.615. The Hall–Kier alpha value is -1.90. The number of fused-ring (bicyclic) bond motifs is 5. The molecule has 0 unspecified atom stereocenters. The third-order valence-electron chi connectivity index (χ3n) is 8.01. The minimum Gasteiger partial charge on any atom is -0.274 e. The fourth-order valence-corrected chi connectivity index (χ4v) is 6.77. The molecule has 0 N–H and O–H groups in total. The van der Waals surface area contributed by atoms with Crippen LogP contribution in [-0.2, 0) is 9.59 Å². The van der Waals surface area contributed by atoms with Crippen molar-refractivity contribution in [1.82, 2.24) is 0 Å². The van der Waals surface area contributed by atoms with Crippen LogP contribution in [0.5, 0.6) is 0 Å². The number of hydrogen-bond donors (Lipinski definition) is 0. The van der Waals surface area contributed by atoms with Gasteiger partial charge in [0, 0.05) is 0 Å². The van der Waals surface area contributed by atoms with Gasteiger partial charge in [-0.1, -0.05) is 67.9 Å². The number of hydrogen-bond acceptors (Lipinski definition) is 2. The molecule has 0 radical (unpaired) electrons. The van der Waals surface area contributed by atoms with Crippen LogP contribution < -0.4 is 4.90 Å². The van der Waals surface area contributed by atoms with Crippen molar-refractivity contribution < 1.29 is 9.59 Å². The van der Waals surface area contributed by atoms with Gasteiger partial charge in [-0.2, -0.15) is 0 Å². The predicted molar refractivity (Wildman–Crippen MR) is 115 cm³/mol. The molecule has 3 nitrogen and oxygen atoms in total. The van der Waals surface area contributed by atoms with E-state index in [-0.39, 0.29) is 23.7 Å². The number of carbonyl (C=O) groups excluding carboxylic acids is 2. The summed E-state index contributed by atoms with van der Waals surface area (Å²) in [5.41, 5.74) is 3.97. The fourth-order valence-electron chi connectivity index (χ4n) is 6.77. The highest BCUT2D eigenvalue weighted by molar-refractivity contribution is 6.22. The Kier molecular flexibility index (Phi) is 5.32. The van der Waals surface area contributed by atoms with Gasteiger partial charge in [0.15, 0.2) is 0 Å². The van der Waals surface area contributed by atoms with E-state index in [1.54, 1.807) is 16.0 Å². The number of benzene rings is 1. The zero-order valence-electron chi connectivity index (χ0n) is 17.4. The van der Waals surface area contributed by atoms with Gasteiger partial charge < -0.3 is 0 Å². The first-order valence-corrected chi connectivity index (χ1v) is 11.9. The molecule has 1 saturated heterocycles. The van der Waals surface area contributed by atoms with E-state index < -0.39 is 0 Å². The van der Waals surface area contributed by atoms with Gasteiger partial charge >= 0.3 is 0 Å². The van der Waals surface area contributed by atoms with Crippen LogP contribution in [0.4, 0.5) is 5.69 Å². The summed E-state index contributed by atoms with van der Waals surface area (Å²) in [5.74, 6) is 0.519. The first kappa shape index (κ1) is 19.1. The van der Waals surface area contributed by atoms with E-state index in [0.29, 0.717) is 11.8 Å². The maximum Gasteiger partial charge on any atom is 0.238 e. The molecule has 3 heteroatoms. The smallest absolute Gasteiger partial charge is 0.238 e. The Balaban J connectivity index is 1.60. The number of anilines is 1. The highest BCUT2D eigenvalue weighted by atomic mass is 16.2. The van der Waals surface area contributed by atoms with Crippen molar-refractivity contribution in [3.63, 3.8) is 0 Å². The maximum atomic E-state index is 13.7. The topological polar surface area (TPSA) is 37.4 Å². The van der Waals surface area contributed by atoms with E-state index in [4.69, 9.17) is 0 Å². The second kappa shape index (κ2) is 8.08.